The van der Waals surface area contributed by atoms with Gasteiger partial charge in [0.05, 0.1) is 13.2 Å². The Balaban J connectivity index is 0.00000256. The number of guanidine groups is 1. The molecule has 3 N–H and O–H groups in total. The van der Waals surface area contributed by atoms with Gasteiger partial charge in [0.1, 0.15) is 5.82 Å². The third kappa shape index (κ3) is 7.11. The van der Waals surface area contributed by atoms with Crippen molar-refractivity contribution in [1.82, 2.24) is 5.32 Å². The summed E-state index contributed by atoms with van der Waals surface area (Å²) < 4.78 is 17.7. The average molecular weight is 353 g/mol. The van der Waals surface area contributed by atoms with Gasteiger partial charge in [0, 0.05) is 13.7 Å². The molecule has 6 heteroatoms. The predicted molar refractivity (Wildman–Crippen MR) is 77.0 cm³/mol. The van der Waals surface area contributed by atoms with Gasteiger partial charge in [-0.2, -0.15) is 0 Å². The highest BCUT2D eigenvalue weighted by Crippen LogP contribution is 2.04. The van der Waals surface area contributed by atoms with Crippen molar-refractivity contribution in [2.24, 2.45) is 10.7 Å². The number of nitrogens with one attached hydrogen (secondary N) is 1. The first-order chi connectivity index (χ1) is 7.72. The van der Waals surface area contributed by atoms with Gasteiger partial charge in [-0.1, -0.05) is 12.1 Å². The number of benzene rings is 1. The molecular formula is C11H17FIN3O. The largest absolute Gasteiger partial charge is 0.383 e. The molecule has 17 heavy (non-hydrogen) atoms. The van der Waals surface area contributed by atoms with E-state index in [4.69, 9.17) is 10.5 Å². The van der Waals surface area contributed by atoms with Crippen LogP contribution in [0.15, 0.2) is 29.3 Å². The zero-order valence-corrected chi connectivity index (χ0v) is 12.0. The lowest BCUT2D eigenvalue weighted by Gasteiger charge is -2.04. The SMILES string of the molecule is COCCNC(N)=NCc1cccc(F)c1.I. The Morgan fingerprint density at radius 3 is 2.94 bits per heavy atom. The van der Waals surface area contributed by atoms with E-state index >= 15 is 0 Å². The van der Waals surface area contributed by atoms with E-state index in [2.05, 4.69) is 10.3 Å². The van der Waals surface area contributed by atoms with Crippen molar-refractivity contribution < 1.29 is 9.13 Å². The minimum atomic E-state index is -0.265. The fourth-order valence-electron chi connectivity index (χ4n) is 1.15. The highest BCUT2D eigenvalue weighted by Gasteiger charge is 1.95. The molecule has 0 fully saturated rings. The molecule has 0 bridgehead atoms. The van der Waals surface area contributed by atoms with E-state index in [1.165, 1.54) is 12.1 Å². The smallest absolute Gasteiger partial charge is 0.188 e. The van der Waals surface area contributed by atoms with Gasteiger partial charge in [-0.15, -0.1) is 24.0 Å². The topological polar surface area (TPSA) is 59.6 Å². The van der Waals surface area contributed by atoms with Crippen molar-refractivity contribution in [3.05, 3.63) is 35.6 Å². The first kappa shape index (κ1) is 16.1. The molecule has 96 valence electrons. The molecule has 0 saturated carbocycles. The van der Waals surface area contributed by atoms with Gasteiger partial charge in [-0.3, -0.25) is 0 Å². The Morgan fingerprint density at radius 2 is 2.29 bits per heavy atom. The summed E-state index contributed by atoms with van der Waals surface area (Å²) in [5.74, 6) is 0.0694. The van der Waals surface area contributed by atoms with Crippen LogP contribution in [0.1, 0.15) is 5.56 Å². The molecule has 0 aliphatic rings. The highest BCUT2D eigenvalue weighted by atomic mass is 127. The molecule has 0 aromatic heterocycles. The van der Waals surface area contributed by atoms with E-state index < -0.39 is 0 Å². The first-order valence-corrected chi connectivity index (χ1v) is 4.99. The number of hydrogen-bond acceptors (Lipinski definition) is 2. The van der Waals surface area contributed by atoms with Gasteiger partial charge in [-0.05, 0) is 17.7 Å². The first-order valence-electron chi connectivity index (χ1n) is 4.99. The number of halogens is 2. The number of ether oxygens (including phenoxy) is 1. The van der Waals surface area contributed by atoms with Gasteiger partial charge < -0.3 is 15.8 Å². The Morgan fingerprint density at radius 1 is 1.53 bits per heavy atom. The van der Waals surface area contributed by atoms with Gasteiger partial charge in [0.15, 0.2) is 5.96 Å². The molecule has 0 unspecified atom stereocenters. The van der Waals surface area contributed by atoms with Crippen molar-refractivity contribution in [2.45, 2.75) is 6.54 Å². The summed E-state index contributed by atoms with van der Waals surface area (Å²) in [6.07, 6.45) is 0. The fraction of sp³-hybridized carbons (Fsp3) is 0.364. The van der Waals surface area contributed by atoms with Gasteiger partial charge in [0.2, 0.25) is 0 Å². The van der Waals surface area contributed by atoms with Crippen molar-refractivity contribution in [3.63, 3.8) is 0 Å². The summed E-state index contributed by atoms with van der Waals surface area (Å²) >= 11 is 0. The minimum absolute atomic E-state index is 0. The maximum absolute atomic E-state index is 12.8. The molecule has 1 aromatic carbocycles. The van der Waals surface area contributed by atoms with Crippen LogP contribution in [0, 0.1) is 5.82 Å². The molecule has 0 spiro atoms. The predicted octanol–water partition coefficient (Wildman–Crippen LogP) is 1.49. The normalized spacial score (nSPS) is 10.8. The number of aliphatic imine (C=N–C) groups is 1. The maximum Gasteiger partial charge on any atom is 0.188 e. The quantitative estimate of drug-likeness (QED) is 0.365. The highest BCUT2D eigenvalue weighted by molar-refractivity contribution is 14.0. The summed E-state index contributed by atoms with van der Waals surface area (Å²) in [5, 5.41) is 2.88. The lowest BCUT2D eigenvalue weighted by molar-refractivity contribution is 0.204. The molecule has 0 heterocycles. The number of hydrogen-bond donors (Lipinski definition) is 2. The molecular weight excluding hydrogens is 336 g/mol. The molecule has 0 aliphatic carbocycles. The molecule has 0 aliphatic heterocycles. The van der Waals surface area contributed by atoms with Crippen LogP contribution in [0.4, 0.5) is 4.39 Å². The van der Waals surface area contributed by atoms with Gasteiger partial charge in [0.25, 0.3) is 0 Å². The number of nitrogens with zero attached hydrogens (tertiary/aromatic N) is 1. The summed E-state index contributed by atoms with van der Waals surface area (Å²) in [6.45, 7) is 1.54. The van der Waals surface area contributed by atoms with Crippen LogP contribution in [-0.2, 0) is 11.3 Å². The lowest BCUT2D eigenvalue weighted by Crippen LogP contribution is -2.34. The Hall–Kier alpha value is -0.890. The number of nitrogens with two attached hydrogens (primary N) is 1. The summed E-state index contributed by atoms with van der Waals surface area (Å²) in [7, 11) is 1.61. The van der Waals surface area contributed by atoms with Crippen LogP contribution in [0.3, 0.4) is 0 Å². The second-order valence-corrected chi connectivity index (χ2v) is 3.25. The third-order valence-corrected chi connectivity index (χ3v) is 1.93. The zero-order chi connectivity index (χ0) is 11.8. The van der Waals surface area contributed by atoms with Crippen molar-refractivity contribution in [3.8, 4) is 0 Å². The zero-order valence-electron chi connectivity index (χ0n) is 9.65. The molecule has 1 rings (SSSR count). The van der Waals surface area contributed by atoms with Crippen molar-refractivity contribution in [2.75, 3.05) is 20.3 Å². The molecule has 0 atom stereocenters. The Labute approximate surface area is 117 Å². The minimum Gasteiger partial charge on any atom is -0.383 e. The van der Waals surface area contributed by atoms with E-state index in [0.29, 0.717) is 25.7 Å². The summed E-state index contributed by atoms with van der Waals surface area (Å²) in [6, 6.07) is 6.28. The van der Waals surface area contributed by atoms with Crippen molar-refractivity contribution in [1.29, 1.82) is 0 Å². The summed E-state index contributed by atoms with van der Waals surface area (Å²) in [5.41, 5.74) is 6.38. The van der Waals surface area contributed by atoms with Crippen molar-refractivity contribution >= 4 is 29.9 Å². The fourth-order valence-corrected chi connectivity index (χ4v) is 1.15. The van der Waals surface area contributed by atoms with E-state index in [1.807, 2.05) is 0 Å². The molecule has 4 nitrogen and oxygen atoms in total. The second-order valence-electron chi connectivity index (χ2n) is 3.25. The molecule has 1 aromatic rings. The Kier molecular flexibility index (Phi) is 8.69. The molecule has 0 radical (unpaired) electrons. The van der Waals surface area contributed by atoms with E-state index in [0.717, 1.165) is 5.56 Å². The van der Waals surface area contributed by atoms with Crippen LogP contribution in [0.2, 0.25) is 0 Å². The molecule has 0 saturated heterocycles. The number of methoxy groups -OCH3 is 1. The third-order valence-electron chi connectivity index (χ3n) is 1.93. The Bertz CT molecular complexity index is 360. The van der Waals surface area contributed by atoms with Gasteiger partial charge in [-0.25, -0.2) is 9.38 Å². The summed E-state index contributed by atoms with van der Waals surface area (Å²) in [4.78, 5) is 4.07. The number of rotatable bonds is 5. The van der Waals surface area contributed by atoms with Gasteiger partial charge >= 0.3 is 0 Å². The van der Waals surface area contributed by atoms with E-state index in [-0.39, 0.29) is 29.8 Å². The molecule has 0 amide bonds. The van der Waals surface area contributed by atoms with E-state index in [9.17, 15) is 4.39 Å². The lowest BCUT2D eigenvalue weighted by atomic mass is 10.2. The standard InChI is InChI=1S/C11H16FN3O.HI/c1-16-6-5-14-11(13)15-8-9-3-2-4-10(12)7-9;/h2-4,7H,5-6,8H2,1H3,(H3,13,14,15);1H. The average Bonchev–Trinajstić information content (AvgIpc) is 2.27. The maximum atomic E-state index is 12.8. The van der Waals surface area contributed by atoms with Crippen LogP contribution in [0.25, 0.3) is 0 Å². The van der Waals surface area contributed by atoms with E-state index in [1.54, 1.807) is 19.2 Å². The van der Waals surface area contributed by atoms with Crippen LogP contribution in [-0.4, -0.2) is 26.2 Å². The second kappa shape index (κ2) is 9.17. The van der Waals surface area contributed by atoms with Crippen LogP contribution in [0.5, 0.6) is 0 Å². The monoisotopic (exact) mass is 353 g/mol. The van der Waals surface area contributed by atoms with Crippen LogP contribution < -0.4 is 11.1 Å². The van der Waals surface area contributed by atoms with Crippen LogP contribution >= 0.6 is 24.0 Å².